The van der Waals surface area contributed by atoms with E-state index in [-0.39, 0.29) is 22.9 Å². The van der Waals surface area contributed by atoms with Crippen LogP contribution in [-0.4, -0.2) is 25.8 Å². The lowest BCUT2D eigenvalue weighted by molar-refractivity contribution is 0.103. The number of thiazole rings is 1. The summed E-state index contributed by atoms with van der Waals surface area (Å²) >= 11 is 1.12. The molecule has 0 amide bonds. The van der Waals surface area contributed by atoms with Gasteiger partial charge in [-0.05, 0) is 42.5 Å². The van der Waals surface area contributed by atoms with Gasteiger partial charge in [-0.2, -0.15) is 0 Å². The molecule has 0 saturated carbocycles. The number of furan rings is 1. The van der Waals surface area contributed by atoms with Crippen LogP contribution >= 0.6 is 11.3 Å². The van der Waals surface area contributed by atoms with Crippen molar-refractivity contribution in [3.8, 4) is 5.69 Å². The van der Waals surface area contributed by atoms with Gasteiger partial charge in [-0.3, -0.25) is 9.59 Å². The number of H-pyrrole nitrogens is 1. The lowest BCUT2D eigenvalue weighted by Crippen LogP contribution is -2.20. The first-order valence-corrected chi connectivity index (χ1v) is 8.59. The van der Waals surface area contributed by atoms with Crippen LogP contribution in [-0.2, 0) is 0 Å². The predicted octanol–water partition coefficient (Wildman–Crippen LogP) is 1.24. The Hall–Kier alpha value is -3.59. The second-order valence-corrected chi connectivity index (χ2v) is 6.56. The first-order valence-electron chi connectivity index (χ1n) is 7.77. The highest BCUT2D eigenvalue weighted by Gasteiger charge is 2.06. The molecular formula is C18H11FN4O3S. The molecule has 4 rings (SSSR count). The van der Waals surface area contributed by atoms with Gasteiger partial charge < -0.3 is 9.40 Å². The Morgan fingerprint density at radius 3 is 2.81 bits per heavy atom. The van der Waals surface area contributed by atoms with Crippen LogP contribution < -0.4 is 14.8 Å². The van der Waals surface area contributed by atoms with Crippen LogP contribution in [0.4, 0.5) is 4.39 Å². The molecule has 1 aromatic carbocycles. The van der Waals surface area contributed by atoms with Crippen molar-refractivity contribution < 1.29 is 13.6 Å². The number of rotatable bonds is 4. The molecule has 9 heteroatoms. The van der Waals surface area contributed by atoms with Gasteiger partial charge >= 0.3 is 0 Å². The van der Waals surface area contributed by atoms with E-state index in [0.29, 0.717) is 20.6 Å². The van der Waals surface area contributed by atoms with Crippen LogP contribution in [0.2, 0.25) is 0 Å². The fourth-order valence-corrected chi connectivity index (χ4v) is 3.20. The molecule has 4 aromatic rings. The number of benzene rings is 1. The zero-order chi connectivity index (χ0) is 18.8. The molecule has 0 unspecified atom stereocenters. The van der Waals surface area contributed by atoms with Crippen molar-refractivity contribution in [3.05, 3.63) is 85.7 Å². The van der Waals surface area contributed by atoms with E-state index in [1.54, 1.807) is 36.5 Å². The van der Waals surface area contributed by atoms with E-state index in [1.807, 2.05) is 0 Å². The summed E-state index contributed by atoms with van der Waals surface area (Å²) in [6, 6.07) is 8.94. The minimum Gasteiger partial charge on any atom is -0.461 e. The van der Waals surface area contributed by atoms with Crippen LogP contribution in [0.5, 0.6) is 0 Å². The maximum Gasteiger partial charge on any atom is 0.266 e. The summed E-state index contributed by atoms with van der Waals surface area (Å²) in [5, 5.41) is 7.95. The summed E-state index contributed by atoms with van der Waals surface area (Å²) in [6.07, 6.45) is 5.88. The number of hydrogen-bond donors (Lipinski definition) is 1. The molecule has 0 radical (unpaired) electrons. The quantitative estimate of drug-likeness (QED) is 0.536. The summed E-state index contributed by atoms with van der Waals surface area (Å²) in [5.41, 5.74) is 0.757. The maximum absolute atomic E-state index is 13.0. The molecule has 0 fully saturated rings. The van der Waals surface area contributed by atoms with Gasteiger partial charge in [-0.25, -0.2) is 9.07 Å². The van der Waals surface area contributed by atoms with Gasteiger partial charge in [-0.1, -0.05) is 5.21 Å². The zero-order valence-electron chi connectivity index (χ0n) is 13.6. The van der Waals surface area contributed by atoms with Crippen molar-refractivity contribution in [1.82, 2.24) is 20.0 Å². The first-order chi connectivity index (χ1) is 13.1. The van der Waals surface area contributed by atoms with Crippen LogP contribution in [0.3, 0.4) is 0 Å². The van der Waals surface area contributed by atoms with E-state index < -0.39 is 0 Å². The number of aromatic amines is 1. The number of nitrogens with one attached hydrogen (secondary N) is 1. The van der Waals surface area contributed by atoms with Crippen LogP contribution in [0.15, 0.2) is 58.1 Å². The number of halogens is 1. The number of nitrogens with zero attached hydrogens (tertiary/aromatic N) is 3. The second kappa shape index (κ2) is 6.96. The van der Waals surface area contributed by atoms with Crippen molar-refractivity contribution in [2.24, 2.45) is 0 Å². The SMILES string of the molecule is O=C(/C=c1/[nH]c(=O)/c(=C\c2cn(-c3ccc(F)cc3)nn2)s1)c1ccco1. The summed E-state index contributed by atoms with van der Waals surface area (Å²) < 4.78 is 20.3. The van der Waals surface area contributed by atoms with Crippen LogP contribution in [0, 0.1) is 5.82 Å². The van der Waals surface area contributed by atoms with E-state index in [0.717, 1.165) is 11.3 Å². The first kappa shape index (κ1) is 16.9. The smallest absolute Gasteiger partial charge is 0.266 e. The Morgan fingerprint density at radius 1 is 1.26 bits per heavy atom. The molecule has 0 aliphatic rings. The van der Waals surface area contributed by atoms with E-state index in [1.165, 1.54) is 29.2 Å². The fraction of sp³-hybridized carbons (Fsp3) is 0. The number of ketones is 1. The van der Waals surface area contributed by atoms with Crippen LogP contribution in [0.1, 0.15) is 16.2 Å². The lowest BCUT2D eigenvalue weighted by atomic mass is 10.3. The molecule has 0 aliphatic heterocycles. The van der Waals surface area contributed by atoms with Crippen molar-refractivity contribution in [3.63, 3.8) is 0 Å². The van der Waals surface area contributed by atoms with Crippen molar-refractivity contribution in [2.75, 3.05) is 0 Å². The Bertz CT molecular complexity index is 1270. The molecule has 3 aromatic heterocycles. The molecule has 0 atom stereocenters. The van der Waals surface area contributed by atoms with Gasteiger partial charge in [0, 0.05) is 6.08 Å². The highest BCUT2D eigenvalue weighted by molar-refractivity contribution is 7.07. The summed E-state index contributed by atoms with van der Waals surface area (Å²) in [7, 11) is 0. The van der Waals surface area contributed by atoms with Crippen molar-refractivity contribution >= 4 is 29.3 Å². The molecule has 0 spiro atoms. The topological polar surface area (TPSA) is 93.8 Å². The molecule has 0 bridgehead atoms. The third kappa shape index (κ3) is 3.67. The molecule has 0 aliphatic carbocycles. The van der Waals surface area contributed by atoms with Crippen molar-refractivity contribution in [1.29, 1.82) is 0 Å². The Labute approximate surface area is 154 Å². The number of hydrogen-bond acceptors (Lipinski definition) is 6. The van der Waals surface area contributed by atoms with E-state index >= 15 is 0 Å². The fourth-order valence-electron chi connectivity index (χ4n) is 2.33. The molecular weight excluding hydrogens is 371 g/mol. The number of Topliss-reactive ketones (excluding diaryl/α,β-unsaturated/α-hetero) is 1. The zero-order valence-corrected chi connectivity index (χ0v) is 14.4. The number of aromatic nitrogens is 4. The second-order valence-electron chi connectivity index (χ2n) is 5.48. The van der Waals surface area contributed by atoms with Gasteiger partial charge in [0.1, 0.15) is 11.5 Å². The third-order valence-electron chi connectivity index (χ3n) is 3.59. The normalized spacial score (nSPS) is 12.6. The average Bonchev–Trinajstić information content (AvgIpc) is 3.39. The average molecular weight is 382 g/mol. The largest absolute Gasteiger partial charge is 0.461 e. The number of carbonyl (C=O) groups excluding carboxylic acids is 1. The molecule has 7 nitrogen and oxygen atoms in total. The molecule has 1 N–H and O–H groups in total. The Morgan fingerprint density at radius 2 is 2.07 bits per heavy atom. The Balaban J connectivity index is 1.65. The van der Waals surface area contributed by atoms with E-state index in [9.17, 15) is 14.0 Å². The molecule has 27 heavy (non-hydrogen) atoms. The summed E-state index contributed by atoms with van der Waals surface area (Å²) in [5.74, 6) is -0.494. The summed E-state index contributed by atoms with van der Waals surface area (Å²) in [6.45, 7) is 0. The minimum atomic E-state index is -0.344. The van der Waals surface area contributed by atoms with Gasteiger partial charge in [0.2, 0.25) is 5.78 Å². The standard InChI is InChI=1S/C18H11FN4O3S/c19-11-3-5-13(6-4-11)23-10-12(21-22-23)8-16-18(25)20-17(27-16)9-14(24)15-2-1-7-26-15/h1-10H,(H,20,25)/b16-8+,17-9-. The van der Waals surface area contributed by atoms with Gasteiger partial charge in [-0.15, -0.1) is 16.4 Å². The van der Waals surface area contributed by atoms with Crippen LogP contribution in [0.25, 0.3) is 17.8 Å². The van der Waals surface area contributed by atoms with Crippen molar-refractivity contribution in [2.45, 2.75) is 0 Å². The molecule has 3 heterocycles. The molecule has 134 valence electrons. The monoisotopic (exact) mass is 382 g/mol. The Kier molecular flexibility index (Phi) is 4.35. The maximum atomic E-state index is 13.0. The lowest BCUT2D eigenvalue weighted by Gasteiger charge is -1.97. The highest BCUT2D eigenvalue weighted by Crippen LogP contribution is 2.08. The van der Waals surface area contributed by atoms with E-state index in [4.69, 9.17) is 4.42 Å². The predicted molar refractivity (Wildman–Crippen MR) is 96.6 cm³/mol. The van der Waals surface area contributed by atoms with E-state index in [2.05, 4.69) is 15.3 Å². The van der Waals surface area contributed by atoms with Gasteiger partial charge in [0.25, 0.3) is 5.56 Å². The molecule has 0 saturated heterocycles. The summed E-state index contributed by atoms with van der Waals surface area (Å²) in [4.78, 5) is 26.7. The highest BCUT2D eigenvalue weighted by atomic mass is 32.1. The third-order valence-corrected chi connectivity index (χ3v) is 4.55. The number of carbonyl (C=O) groups is 1. The van der Waals surface area contributed by atoms with Gasteiger partial charge in [0.15, 0.2) is 5.76 Å². The minimum absolute atomic E-state index is 0.192. The van der Waals surface area contributed by atoms with Gasteiger partial charge in [0.05, 0.1) is 27.3 Å².